The highest BCUT2D eigenvalue weighted by Crippen LogP contribution is 2.65. The van der Waals surface area contributed by atoms with Crippen molar-refractivity contribution >= 4 is 39.4 Å². The first-order chi connectivity index (χ1) is 23.9. The van der Waals surface area contributed by atoms with E-state index in [9.17, 15) is 32.4 Å². The highest BCUT2D eigenvalue weighted by molar-refractivity contribution is 7.93. The van der Waals surface area contributed by atoms with Crippen LogP contribution in [0.25, 0.3) is 0 Å². The minimum Gasteiger partial charge on any atom is -0.349 e. The zero-order valence-corrected chi connectivity index (χ0v) is 33.0. The number of Topliss-reactive ketones (excluding diaryl/α,β-unsaturated/α-hetero) is 1. The summed E-state index contributed by atoms with van der Waals surface area (Å²) in [4.78, 5) is 70.3. The second kappa shape index (κ2) is 16.5. The number of hydrogen-bond donors (Lipinski definition) is 4. The number of fused-ring (bicyclic) bond motifs is 3. The summed E-state index contributed by atoms with van der Waals surface area (Å²) < 4.78 is 26.1. The van der Waals surface area contributed by atoms with Crippen LogP contribution in [0.3, 0.4) is 0 Å². The molecule has 0 bridgehead atoms. The van der Waals surface area contributed by atoms with Gasteiger partial charge in [-0.25, -0.2) is 13.2 Å². The van der Waals surface area contributed by atoms with Crippen LogP contribution in [0.1, 0.15) is 145 Å². The van der Waals surface area contributed by atoms with Crippen molar-refractivity contribution in [1.82, 2.24) is 26.2 Å². The first-order valence-electron chi connectivity index (χ1n) is 19.7. The van der Waals surface area contributed by atoms with E-state index in [1.165, 1.54) is 0 Å². The minimum atomic E-state index is -3.63. The topological polar surface area (TPSA) is 171 Å². The molecule has 2 heterocycles. The van der Waals surface area contributed by atoms with Gasteiger partial charge in [0.05, 0.1) is 21.6 Å². The molecule has 51 heavy (non-hydrogen) atoms. The third-order valence-electron chi connectivity index (χ3n) is 12.8. The van der Waals surface area contributed by atoms with Gasteiger partial charge in [-0.1, -0.05) is 85.0 Å². The number of nitrogens with one attached hydrogen (secondary N) is 4. The molecule has 290 valence electrons. The Morgan fingerprint density at radius 1 is 0.922 bits per heavy atom. The van der Waals surface area contributed by atoms with Crippen LogP contribution in [0, 0.1) is 17.3 Å². The number of amides is 5. The fourth-order valence-corrected chi connectivity index (χ4v) is 11.1. The van der Waals surface area contributed by atoms with Crippen molar-refractivity contribution in [1.29, 1.82) is 0 Å². The maximum Gasteiger partial charge on any atom is 0.315 e. The highest BCUT2D eigenvalue weighted by Gasteiger charge is 2.69. The molecule has 4 N–H and O–H groups in total. The van der Waals surface area contributed by atoms with Gasteiger partial charge in [-0.05, 0) is 77.0 Å². The molecule has 5 amide bonds. The summed E-state index contributed by atoms with van der Waals surface area (Å²) in [7, 11) is -3.63. The molecular weight excluding hydrogens is 671 g/mol. The van der Waals surface area contributed by atoms with Crippen molar-refractivity contribution < 1.29 is 32.4 Å². The second-order valence-electron chi connectivity index (χ2n) is 17.0. The van der Waals surface area contributed by atoms with E-state index in [0.29, 0.717) is 58.0 Å². The lowest BCUT2D eigenvalue weighted by Crippen LogP contribution is -2.68. The lowest BCUT2D eigenvalue weighted by molar-refractivity contribution is -0.144. The number of ketones is 1. The fourth-order valence-electron chi connectivity index (χ4n) is 9.17. The molecule has 4 rings (SSSR count). The van der Waals surface area contributed by atoms with Gasteiger partial charge >= 0.3 is 6.03 Å². The maximum absolute atomic E-state index is 14.5. The van der Waals surface area contributed by atoms with Crippen LogP contribution in [0.5, 0.6) is 0 Å². The molecule has 0 unspecified atom stereocenters. The summed E-state index contributed by atoms with van der Waals surface area (Å²) >= 11 is 0. The Hall–Kier alpha value is -2.70. The molecule has 13 heteroatoms. The Morgan fingerprint density at radius 2 is 1.49 bits per heavy atom. The van der Waals surface area contributed by atoms with Crippen molar-refractivity contribution in [3.8, 4) is 0 Å². The Kier molecular flexibility index (Phi) is 13.3. The van der Waals surface area contributed by atoms with Gasteiger partial charge in [0.15, 0.2) is 9.84 Å². The molecule has 0 spiro atoms. The van der Waals surface area contributed by atoms with E-state index in [2.05, 4.69) is 35.1 Å². The van der Waals surface area contributed by atoms with Crippen molar-refractivity contribution in [2.75, 3.05) is 13.1 Å². The molecule has 4 aliphatic rings. The number of carbonyl (C=O) groups is 5. The molecule has 12 nitrogen and oxygen atoms in total. The van der Waals surface area contributed by atoms with Crippen molar-refractivity contribution in [2.24, 2.45) is 17.3 Å². The van der Waals surface area contributed by atoms with Gasteiger partial charge in [0.1, 0.15) is 12.1 Å². The van der Waals surface area contributed by atoms with Gasteiger partial charge in [-0.3, -0.25) is 19.2 Å². The van der Waals surface area contributed by atoms with E-state index in [1.807, 2.05) is 6.92 Å². The standard InChI is InChI=1S/C38H65N5O7S/c1-8-23-39-33(46)31(44)27-19-15-12-10-9-11-13-16-20-28(34(47)43-24-26-29(36(26,4)5)30(43)32(45)40-27)41-35(48)42-38(21-17-14-18-22-38)37(6,7)51(49,50)25(2)3/h25-30H,8-24H2,1-7H3,(H,39,46)(H,40,45)(H2,41,42,48)/t26-,27-,28-,29-,30-/m0/s1. The molecule has 2 saturated carbocycles. The summed E-state index contributed by atoms with van der Waals surface area (Å²) in [5.41, 5.74) is -1.19. The zero-order chi connectivity index (χ0) is 37.8. The summed E-state index contributed by atoms with van der Waals surface area (Å²) in [6, 6.07) is -3.33. The number of sulfone groups is 1. The molecule has 2 aliphatic carbocycles. The smallest absolute Gasteiger partial charge is 0.315 e. The van der Waals surface area contributed by atoms with Crippen LogP contribution in [0.15, 0.2) is 0 Å². The molecule has 0 radical (unpaired) electrons. The number of carbonyl (C=O) groups excluding carboxylic acids is 5. The highest BCUT2D eigenvalue weighted by atomic mass is 32.2. The summed E-state index contributed by atoms with van der Waals surface area (Å²) in [5.74, 6) is -2.21. The van der Waals surface area contributed by atoms with Crippen LogP contribution < -0.4 is 21.3 Å². The molecule has 0 aromatic rings. The predicted octanol–water partition coefficient (Wildman–Crippen LogP) is 4.55. The van der Waals surface area contributed by atoms with Crippen LogP contribution in [0.2, 0.25) is 0 Å². The van der Waals surface area contributed by atoms with E-state index < -0.39 is 67.1 Å². The van der Waals surface area contributed by atoms with Crippen LogP contribution in [-0.4, -0.2) is 89.6 Å². The Bertz CT molecular complexity index is 1400. The molecule has 4 fully saturated rings. The number of rotatable bonds is 9. The van der Waals surface area contributed by atoms with Gasteiger partial charge in [-0.2, -0.15) is 0 Å². The first-order valence-corrected chi connectivity index (χ1v) is 21.2. The van der Waals surface area contributed by atoms with Gasteiger partial charge in [-0.15, -0.1) is 0 Å². The zero-order valence-electron chi connectivity index (χ0n) is 32.2. The summed E-state index contributed by atoms with van der Waals surface area (Å²) in [6.07, 6.45) is 11.0. The average molecular weight is 736 g/mol. The van der Waals surface area contributed by atoms with Crippen LogP contribution in [-0.2, 0) is 29.0 Å². The van der Waals surface area contributed by atoms with Gasteiger partial charge < -0.3 is 26.2 Å². The van der Waals surface area contributed by atoms with Crippen molar-refractivity contribution in [2.45, 2.75) is 178 Å². The van der Waals surface area contributed by atoms with E-state index in [0.717, 1.165) is 51.4 Å². The van der Waals surface area contributed by atoms with Gasteiger partial charge in [0.25, 0.3) is 5.91 Å². The van der Waals surface area contributed by atoms with Crippen LogP contribution in [0.4, 0.5) is 4.79 Å². The second-order valence-corrected chi connectivity index (χ2v) is 20.1. The maximum atomic E-state index is 14.5. The average Bonchev–Trinajstić information content (AvgIpc) is 3.38. The Labute approximate surface area is 306 Å². The molecule has 0 aromatic carbocycles. The van der Waals surface area contributed by atoms with E-state index >= 15 is 0 Å². The van der Waals surface area contributed by atoms with Gasteiger partial charge in [0, 0.05) is 13.1 Å². The van der Waals surface area contributed by atoms with E-state index in [4.69, 9.17) is 0 Å². The fraction of sp³-hybridized carbons (Fsp3) is 0.868. The third-order valence-corrected chi connectivity index (χ3v) is 15.8. The van der Waals surface area contributed by atoms with Crippen molar-refractivity contribution in [3.63, 3.8) is 0 Å². The predicted molar refractivity (Wildman–Crippen MR) is 197 cm³/mol. The third kappa shape index (κ3) is 8.59. The SMILES string of the molecule is CCCNC(=O)C(=O)[C@@H]1CCCCCCCCC[C@H](NC(=O)NC2(C(C)(C)S(=O)(=O)C(C)C)CCCCC2)C(=O)N2C[C@H]3[C@@H]([C@H]2C(=O)N1)C3(C)C. The normalized spacial score (nSPS) is 28.9. The Balaban J connectivity index is 1.61. The number of piperidine rings is 1. The number of nitrogens with zero attached hydrogens (tertiary/aromatic N) is 1. The van der Waals surface area contributed by atoms with E-state index in [-0.39, 0.29) is 23.2 Å². The molecule has 2 saturated heterocycles. The number of hydrogen-bond acceptors (Lipinski definition) is 7. The Morgan fingerprint density at radius 3 is 2.08 bits per heavy atom. The summed E-state index contributed by atoms with van der Waals surface area (Å²) in [6.45, 7) is 13.5. The minimum absolute atomic E-state index is 0.0864. The van der Waals surface area contributed by atoms with Crippen molar-refractivity contribution in [3.05, 3.63) is 0 Å². The lowest BCUT2D eigenvalue weighted by Gasteiger charge is -2.49. The first kappa shape index (κ1) is 41.1. The largest absolute Gasteiger partial charge is 0.349 e. The molecule has 5 atom stereocenters. The monoisotopic (exact) mass is 735 g/mol. The van der Waals surface area contributed by atoms with Gasteiger partial charge in [0.2, 0.25) is 17.6 Å². The molecule has 0 aromatic heterocycles. The van der Waals surface area contributed by atoms with E-state index in [1.54, 1.807) is 32.6 Å². The quantitative estimate of drug-likeness (QED) is 0.252. The lowest BCUT2D eigenvalue weighted by atomic mass is 9.73. The number of urea groups is 1. The molecule has 2 aliphatic heterocycles. The summed E-state index contributed by atoms with van der Waals surface area (Å²) in [5, 5.41) is 11.0. The van der Waals surface area contributed by atoms with Crippen LogP contribution >= 0.6 is 0 Å². The molecular formula is C38H65N5O7S.